The van der Waals surface area contributed by atoms with Crippen molar-refractivity contribution in [2.75, 3.05) is 24.8 Å². The van der Waals surface area contributed by atoms with Crippen LogP contribution < -0.4 is 21.9 Å². The van der Waals surface area contributed by atoms with E-state index in [4.69, 9.17) is 21.1 Å². The van der Waals surface area contributed by atoms with Crippen LogP contribution in [0.4, 0.5) is 5.69 Å². The number of rotatable bonds is 8. The van der Waals surface area contributed by atoms with E-state index in [0.29, 0.717) is 31.6 Å². The van der Waals surface area contributed by atoms with E-state index in [2.05, 4.69) is 31.3 Å². The lowest BCUT2D eigenvalue weighted by atomic mass is 10.2. The SMILES string of the molecule is CC(C)NCc1ccc(N(N)/C=C(\N)COC2COC2)cc1. The van der Waals surface area contributed by atoms with Crippen LogP contribution >= 0.6 is 0 Å². The first-order chi connectivity index (χ1) is 10.5. The quantitative estimate of drug-likeness (QED) is 0.492. The van der Waals surface area contributed by atoms with Crippen LogP contribution in [0.2, 0.25) is 0 Å². The van der Waals surface area contributed by atoms with Gasteiger partial charge in [-0.15, -0.1) is 0 Å². The summed E-state index contributed by atoms with van der Waals surface area (Å²) in [5.74, 6) is 6.00. The monoisotopic (exact) mass is 306 g/mol. The Hall–Kier alpha value is -1.60. The van der Waals surface area contributed by atoms with E-state index in [0.717, 1.165) is 12.2 Å². The lowest BCUT2D eigenvalue weighted by Gasteiger charge is -2.26. The highest BCUT2D eigenvalue weighted by molar-refractivity contribution is 5.49. The van der Waals surface area contributed by atoms with Crippen molar-refractivity contribution in [3.63, 3.8) is 0 Å². The van der Waals surface area contributed by atoms with Crippen molar-refractivity contribution in [3.8, 4) is 0 Å². The van der Waals surface area contributed by atoms with Crippen LogP contribution in [0.25, 0.3) is 0 Å². The summed E-state index contributed by atoms with van der Waals surface area (Å²) in [5, 5.41) is 4.89. The Morgan fingerprint density at radius 3 is 2.64 bits per heavy atom. The van der Waals surface area contributed by atoms with Crippen molar-refractivity contribution >= 4 is 5.69 Å². The Morgan fingerprint density at radius 1 is 1.41 bits per heavy atom. The number of ether oxygens (including phenoxy) is 2. The van der Waals surface area contributed by atoms with Gasteiger partial charge in [-0.25, -0.2) is 5.84 Å². The van der Waals surface area contributed by atoms with Gasteiger partial charge in [-0.1, -0.05) is 26.0 Å². The van der Waals surface area contributed by atoms with Gasteiger partial charge in [0.2, 0.25) is 0 Å². The van der Waals surface area contributed by atoms with Gasteiger partial charge in [-0.2, -0.15) is 0 Å². The molecule has 0 unspecified atom stereocenters. The molecular formula is C16H26N4O2. The predicted molar refractivity (Wildman–Crippen MR) is 87.9 cm³/mol. The number of nitrogens with zero attached hydrogens (tertiary/aromatic N) is 1. The zero-order valence-corrected chi connectivity index (χ0v) is 13.3. The van der Waals surface area contributed by atoms with Gasteiger partial charge in [0.05, 0.1) is 31.2 Å². The average Bonchev–Trinajstić information content (AvgIpc) is 2.44. The van der Waals surface area contributed by atoms with Crippen molar-refractivity contribution in [2.24, 2.45) is 11.6 Å². The minimum Gasteiger partial charge on any atom is -0.399 e. The van der Waals surface area contributed by atoms with Gasteiger partial charge < -0.3 is 20.5 Å². The highest BCUT2D eigenvalue weighted by Crippen LogP contribution is 2.14. The fraction of sp³-hybridized carbons (Fsp3) is 0.500. The van der Waals surface area contributed by atoms with E-state index >= 15 is 0 Å². The molecule has 5 N–H and O–H groups in total. The first-order valence-corrected chi connectivity index (χ1v) is 7.56. The van der Waals surface area contributed by atoms with Crippen molar-refractivity contribution in [3.05, 3.63) is 41.7 Å². The highest BCUT2D eigenvalue weighted by Gasteiger charge is 2.18. The van der Waals surface area contributed by atoms with E-state index in [1.54, 1.807) is 6.20 Å². The van der Waals surface area contributed by atoms with Crippen molar-refractivity contribution < 1.29 is 9.47 Å². The number of hydrogen-bond acceptors (Lipinski definition) is 6. The maximum atomic E-state index is 6.00. The Kier molecular flexibility index (Phi) is 6.21. The number of nitrogens with two attached hydrogens (primary N) is 2. The van der Waals surface area contributed by atoms with Crippen LogP contribution in [0.5, 0.6) is 0 Å². The minimum atomic E-state index is 0.158. The number of nitrogens with one attached hydrogen (secondary N) is 1. The lowest BCUT2D eigenvalue weighted by molar-refractivity contribution is -0.124. The standard InChI is InChI=1S/C16H26N4O2/c1-12(2)19-7-13-3-5-15(6-4-13)20(18)8-14(17)9-22-16-10-21-11-16/h3-6,8,12,16,19H,7,9-11,17-18H2,1-2H3/b14-8-. The molecule has 1 aromatic carbocycles. The fourth-order valence-corrected chi connectivity index (χ4v) is 1.92. The molecule has 0 saturated carbocycles. The number of benzene rings is 1. The summed E-state index contributed by atoms with van der Waals surface area (Å²) in [5.41, 5.74) is 8.59. The Labute approximate surface area is 132 Å². The molecular weight excluding hydrogens is 280 g/mol. The molecule has 1 aromatic rings. The smallest absolute Gasteiger partial charge is 0.105 e. The van der Waals surface area contributed by atoms with E-state index < -0.39 is 0 Å². The van der Waals surface area contributed by atoms with E-state index in [1.807, 2.05) is 12.1 Å². The van der Waals surface area contributed by atoms with Gasteiger partial charge in [-0.05, 0) is 17.7 Å². The summed E-state index contributed by atoms with van der Waals surface area (Å²) in [6.45, 7) is 6.75. The number of hydrazine groups is 1. The Balaban J connectivity index is 1.83. The Morgan fingerprint density at radius 2 is 2.09 bits per heavy atom. The Bertz CT molecular complexity index is 483. The second kappa shape index (κ2) is 8.14. The summed E-state index contributed by atoms with van der Waals surface area (Å²) in [6.07, 6.45) is 1.84. The maximum absolute atomic E-state index is 6.00. The normalized spacial score (nSPS) is 15.9. The molecule has 0 aromatic heterocycles. The first-order valence-electron chi connectivity index (χ1n) is 7.56. The van der Waals surface area contributed by atoms with Gasteiger partial charge in [0.1, 0.15) is 6.10 Å². The second-order valence-corrected chi connectivity index (χ2v) is 5.78. The van der Waals surface area contributed by atoms with Crippen molar-refractivity contribution in [1.29, 1.82) is 0 Å². The molecule has 6 heteroatoms. The van der Waals surface area contributed by atoms with Crippen LogP contribution in [-0.2, 0) is 16.0 Å². The van der Waals surface area contributed by atoms with Gasteiger partial charge in [0.15, 0.2) is 0 Å². The topological polar surface area (TPSA) is 85.8 Å². The largest absolute Gasteiger partial charge is 0.399 e. The van der Waals surface area contributed by atoms with Gasteiger partial charge in [0, 0.05) is 18.8 Å². The minimum absolute atomic E-state index is 0.158. The third-order valence-corrected chi connectivity index (χ3v) is 3.35. The van der Waals surface area contributed by atoms with E-state index in [-0.39, 0.29) is 6.10 Å². The molecule has 0 aliphatic carbocycles. The third-order valence-electron chi connectivity index (χ3n) is 3.35. The van der Waals surface area contributed by atoms with Gasteiger partial charge in [0.25, 0.3) is 0 Å². The molecule has 0 atom stereocenters. The molecule has 0 bridgehead atoms. The number of anilines is 1. The molecule has 1 aliphatic heterocycles. The molecule has 1 fully saturated rings. The van der Waals surface area contributed by atoms with Gasteiger partial charge >= 0.3 is 0 Å². The second-order valence-electron chi connectivity index (χ2n) is 5.78. The molecule has 0 radical (unpaired) electrons. The van der Waals surface area contributed by atoms with Gasteiger partial charge in [-0.3, -0.25) is 5.01 Å². The van der Waals surface area contributed by atoms with Crippen molar-refractivity contribution in [1.82, 2.24) is 5.32 Å². The van der Waals surface area contributed by atoms with Crippen LogP contribution in [0, 0.1) is 0 Å². The van der Waals surface area contributed by atoms with Crippen LogP contribution in [0.3, 0.4) is 0 Å². The van der Waals surface area contributed by atoms with Crippen LogP contribution in [-0.4, -0.2) is 32.0 Å². The lowest BCUT2D eigenvalue weighted by Crippen LogP contribution is -2.37. The summed E-state index contributed by atoms with van der Waals surface area (Å²) in [6, 6.07) is 8.52. The number of hydrogen-bond donors (Lipinski definition) is 3. The van der Waals surface area contributed by atoms with E-state index in [1.165, 1.54) is 10.6 Å². The predicted octanol–water partition coefficient (Wildman–Crippen LogP) is 1.08. The summed E-state index contributed by atoms with van der Waals surface area (Å²) >= 11 is 0. The molecule has 122 valence electrons. The third kappa shape index (κ3) is 5.31. The van der Waals surface area contributed by atoms with Crippen molar-refractivity contribution in [2.45, 2.75) is 32.5 Å². The zero-order chi connectivity index (χ0) is 15.9. The average molecular weight is 306 g/mol. The van der Waals surface area contributed by atoms with E-state index in [9.17, 15) is 0 Å². The van der Waals surface area contributed by atoms with Crippen LogP contribution in [0.15, 0.2) is 36.2 Å². The molecule has 0 amide bonds. The first kappa shape index (κ1) is 16.8. The maximum Gasteiger partial charge on any atom is 0.105 e. The molecule has 22 heavy (non-hydrogen) atoms. The molecule has 6 nitrogen and oxygen atoms in total. The van der Waals surface area contributed by atoms with Crippen LogP contribution in [0.1, 0.15) is 19.4 Å². The summed E-state index contributed by atoms with van der Waals surface area (Å²) in [7, 11) is 0. The molecule has 2 rings (SSSR count). The summed E-state index contributed by atoms with van der Waals surface area (Å²) in [4.78, 5) is 0. The fourth-order valence-electron chi connectivity index (χ4n) is 1.92. The zero-order valence-electron chi connectivity index (χ0n) is 13.3. The highest BCUT2D eigenvalue weighted by atomic mass is 16.6. The molecule has 1 aliphatic rings. The molecule has 1 heterocycles. The molecule has 1 saturated heterocycles. The molecule has 0 spiro atoms. The summed E-state index contributed by atoms with van der Waals surface area (Å²) < 4.78 is 10.6.